The predicted octanol–water partition coefficient (Wildman–Crippen LogP) is 1.91. The molecule has 23 heavy (non-hydrogen) atoms. The number of carbonyl (C=O) groups is 2. The molecule has 6 nitrogen and oxygen atoms in total. The number of rotatable bonds is 6. The number of ether oxygens (including phenoxy) is 1. The molecule has 1 atom stereocenters. The standard InChI is InChI=1S/C16H25N3O3S/c1-11-15(23-12(2)18-11)16(21)19-9-5-4-6-13(19)7-8-17-14(20)10-22-3/h13H,4-10H2,1-3H3,(H,17,20)/t13-/m1/s1. The van der Waals surface area contributed by atoms with Crippen molar-refractivity contribution >= 4 is 23.2 Å². The molecule has 7 heteroatoms. The van der Waals surface area contributed by atoms with Crippen LogP contribution >= 0.6 is 11.3 Å². The van der Waals surface area contributed by atoms with Gasteiger partial charge in [-0.1, -0.05) is 0 Å². The summed E-state index contributed by atoms with van der Waals surface area (Å²) in [5.41, 5.74) is 0.815. The van der Waals surface area contributed by atoms with Crippen molar-refractivity contribution in [3.05, 3.63) is 15.6 Å². The van der Waals surface area contributed by atoms with E-state index < -0.39 is 0 Å². The van der Waals surface area contributed by atoms with Crippen molar-refractivity contribution in [2.75, 3.05) is 26.8 Å². The lowest BCUT2D eigenvalue weighted by molar-refractivity contribution is -0.124. The van der Waals surface area contributed by atoms with Gasteiger partial charge in [-0.2, -0.15) is 0 Å². The molecule has 2 amide bonds. The summed E-state index contributed by atoms with van der Waals surface area (Å²) in [6.45, 7) is 5.24. The number of hydrogen-bond donors (Lipinski definition) is 1. The van der Waals surface area contributed by atoms with Gasteiger partial charge in [0, 0.05) is 26.2 Å². The number of amides is 2. The number of aromatic nitrogens is 1. The van der Waals surface area contributed by atoms with Gasteiger partial charge in [-0.3, -0.25) is 9.59 Å². The SMILES string of the molecule is COCC(=O)NCC[C@H]1CCCCN1C(=O)c1sc(C)nc1C. The third-order valence-corrected chi connectivity index (χ3v) is 5.12. The lowest BCUT2D eigenvalue weighted by Crippen LogP contribution is -2.45. The molecule has 0 radical (unpaired) electrons. The normalized spacial score (nSPS) is 18.0. The van der Waals surface area contributed by atoms with E-state index in [9.17, 15) is 9.59 Å². The van der Waals surface area contributed by atoms with Crippen LogP contribution in [0.3, 0.4) is 0 Å². The van der Waals surface area contributed by atoms with Gasteiger partial charge in [-0.05, 0) is 39.5 Å². The van der Waals surface area contributed by atoms with E-state index in [1.807, 2.05) is 18.7 Å². The number of nitrogens with zero attached hydrogens (tertiary/aromatic N) is 2. The van der Waals surface area contributed by atoms with Crippen molar-refractivity contribution in [3.8, 4) is 0 Å². The lowest BCUT2D eigenvalue weighted by atomic mass is 9.99. The monoisotopic (exact) mass is 339 g/mol. The van der Waals surface area contributed by atoms with E-state index in [0.717, 1.165) is 47.8 Å². The van der Waals surface area contributed by atoms with E-state index in [0.29, 0.717) is 6.54 Å². The smallest absolute Gasteiger partial charge is 0.266 e. The molecule has 0 aromatic carbocycles. The molecule has 0 unspecified atom stereocenters. The Bertz CT molecular complexity index is 559. The van der Waals surface area contributed by atoms with Crippen molar-refractivity contribution in [1.82, 2.24) is 15.2 Å². The number of carbonyl (C=O) groups excluding carboxylic acids is 2. The minimum absolute atomic E-state index is 0.0760. The fourth-order valence-corrected chi connectivity index (χ4v) is 3.86. The topological polar surface area (TPSA) is 71.5 Å². The van der Waals surface area contributed by atoms with Crippen molar-refractivity contribution in [2.45, 2.75) is 45.6 Å². The minimum Gasteiger partial charge on any atom is -0.375 e. The highest BCUT2D eigenvalue weighted by Gasteiger charge is 2.29. The highest BCUT2D eigenvalue weighted by molar-refractivity contribution is 7.13. The summed E-state index contributed by atoms with van der Waals surface area (Å²) in [6.07, 6.45) is 3.93. The molecular weight excluding hydrogens is 314 g/mol. The van der Waals surface area contributed by atoms with E-state index in [4.69, 9.17) is 4.74 Å². The van der Waals surface area contributed by atoms with Gasteiger partial charge in [0.15, 0.2) is 0 Å². The van der Waals surface area contributed by atoms with Crippen molar-refractivity contribution in [3.63, 3.8) is 0 Å². The van der Waals surface area contributed by atoms with E-state index in [1.165, 1.54) is 18.4 Å². The Morgan fingerprint density at radius 1 is 1.39 bits per heavy atom. The van der Waals surface area contributed by atoms with Crippen LogP contribution < -0.4 is 5.32 Å². The van der Waals surface area contributed by atoms with Crippen LogP contribution in [-0.4, -0.2) is 54.5 Å². The quantitative estimate of drug-likeness (QED) is 0.859. The molecule has 0 aliphatic carbocycles. The van der Waals surface area contributed by atoms with Gasteiger partial charge in [0.2, 0.25) is 5.91 Å². The molecule has 128 valence electrons. The second-order valence-electron chi connectivity index (χ2n) is 5.87. The summed E-state index contributed by atoms with van der Waals surface area (Å²) in [4.78, 5) is 31.3. The van der Waals surface area contributed by atoms with Crippen molar-refractivity contribution in [2.24, 2.45) is 0 Å². The van der Waals surface area contributed by atoms with Crippen LogP contribution in [-0.2, 0) is 9.53 Å². The van der Waals surface area contributed by atoms with Crippen LogP contribution in [0.4, 0.5) is 0 Å². The summed E-state index contributed by atoms with van der Waals surface area (Å²) in [7, 11) is 1.50. The summed E-state index contributed by atoms with van der Waals surface area (Å²) in [6, 6.07) is 0.181. The number of nitrogens with one attached hydrogen (secondary N) is 1. The molecule has 1 aromatic heterocycles. The second-order valence-corrected chi connectivity index (χ2v) is 7.07. The van der Waals surface area contributed by atoms with E-state index in [2.05, 4.69) is 10.3 Å². The first-order valence-electron chi connectivity index (χ1n) is 8.03. The van der Waals surface area contributed by atoms with Crippen molar-refractivity contribution < 1.29 is 14.3 Å². The van der Waals surface area contributed by atoms with Crippen LogP contribution in [0, 0.1) is 13.8 Å². The Morgan fingerprint density at radius 2 is 2.17 bits per heavy atom. The van der Waals surface area contributed by atoms with Gasteiger partial charge < -0.3 is 15.0 Å². The number of likely N-dealkylation sites (tertiary alicyclic amines) is 1. The van der Waals surface area contributed by atoms with Crippen LogP contribution in [0.2, 0.25) is 0 Å². The number of thiazole rings is 1. The Balaban J connectivity index is 1.96. The van der Waals surface area contributed by atoms with Gasteiger partial charge >= 0.3 is 0 Å². The van der Waals surface area contributed by atoms with Crippen LogP contribution in [0.5, 0.6) is 0 Å². The van der Waals surface area contributed by atoms with Crippen LogP contribution in [0.25, 0.3) is 0 Å². The number of aryl methyl sites for hydroxylation is 2. The van der Waals surface area contributed by atoms with Gasteiger partial charge in [0.05, 0.1) is 10.7 Å². The highest BCUT2D eigenvalue weighted by atomic mass is 32.1. The fraction of sp³-hybridized carbons (Fsp3) is 0.688. The summed E-state index contributed by atoms with van der Waals surface area (Å²) in [5.74, 6) is -0.0314. The highest BCUT2D eigenvalue weighted by Crippen LogP contribution is 2.25. The van der Waals surface area contributed by atoms with Gasteiger partial charge in [-0.25, -0.2) is 4.98 Å². The first-order chi connectivity index (χ1) is 11.0. The second kappa shape index (κ2) is 8.40. The zero-order valence-corrected chi connectivity index (χ0v) is 14.9. The molecule has 1 fully saturated rings. The molecule has 2 heterocycles. The van der Waals surface area contributed by atoms with Gasteiger partial charge in [0.25, 0.3) is 5.91 Å². The van der Waals surface area contributed by atoms with Crippen LogP contribution in [0.1, 0.15) is 46.1 Å². The Kier molecular flexibility index (Phi) is 6.53. The first kappa shape index (κ1) is 17.9. The van der Waals surface area contributed by atoms with E-state index >= 15 is 0 Å². The van der Waals surface area contributed by atoms with Crippen molar-refractivity contribution in [1.29, 1.82) is 0 Å². The maximum Gasteiger partial charge on any atom is 0.266 e. The lowest BCUT2D eigenvalue weighted by Gasteiger charge is -2.35. The molecule has 1 aliphatic heterocycles. The predicted molar refractivity (Wildman–Crippen MR) is 89.8 cm³/mol. The molecule has 1 N–H and O–H groups in total. The Hall–Kier alpha value is -1.47. The van der Waals surface area contributed by atoms with E-state index in [1.54, 1.807) is 0 Å². The largest absolute Gasteiger partial charge is 0.375 e. The molecular formula is C16H25N3O3S. The molecule has 0 spiro atoms. The van der Waals surface area contributed by atoms with Crippen LogP contribution in [0.15, 0.2) is 0 Å². The van der Waals surface area contributed by atoms with Gasteiger partial charge in [-0.15, -0.1) is 11.3 Å². The molecule has 0 bridgehead atoms. The summed E-state index contributed by atoms with van der Waals surface area (Å²) >= 11 is 1.46. The summed E-state index contributed by atoms with van der Waals surface area (Å²) in [5, 5.41) is 3.76. The molecule has 2 rings (SSSR count). The zero-order valence-electron chi connectivity index (χ0n) is 14.1. The maximum atomic E-state index is 12.8. The summed E-state index contributed by atoms with van der Waals surface area (Å²) < 4.78 is 4.80. The minimum atomic E-state index is -0.116. The Morgan fingerprint density at radius 3 is 2.83 bits per heavy atom. The average Bonchev–Trinajstić information content (AvgIpc) is 2.86. The maximum absolute atomic E-state index is 12.8. The molecule has 1 aromatic rings. The third-order valence-electron chi connectivity index (χ3n) is 4.06. The zero-order chi connectivity index (χ0) is 16.8. The Labute approximate surface area is 141 Å². The third kappa shape index (κ3) is 4.75. The number of hydrogen-bond acceptors (Lipinski definition) is 5. The number of methoxy groups -OCH3 is 1. The average molecular weight is 339 g/mol. The fourth-order valence-electron chi connectivity index (χ4n) is 2.99. The van der Waals surface area contributed by atoms with Gasteiger partial charge in [0.1, 0.15) is 11.5 Å². The first-order valence-corrected chi connectivity index (χ1v) is 8.85. The van der Waals surface area contributed by atoms with E-state index in [-0.39, 0.29) is 24.5 Å². The molecule has 0 saturated carbocycles. The number of piperidine rings is 1. The molecule has 1 aliphatic rings. The molecule has 1 saturated heterocycles.